The summed E-state index contributed by atoms with van der Waals surface area (Å²) in [5, 5.41) is 0. The van der Waals surface area contributed by atoms with E-state index in [4.69, 9.17) is 10.5 Å². The van der Waals surface area contributed by atoms with E-state index in [1.165, 1.54) is 31.5 Å². The highest BCUT2D eigenvalue weighted by Crippen LogP contribution is 2.32. The molecule has 0 aromatic heterocycles. The first kappa shape index (κ1) is 16.3. The molecule has 1 aliphatic heterocycles. The molecule has 1 aliphatic rings. The smallest absolute Gasteiger partial charge is 0.119 e. The minimum Gasteiger partial charge on any atom is -0.497 e. The highest BCUT2D eigenvalue weighted by Gasteiger charge is 2.40. The molecule has 1 saturated heterocycles. The normalized spacial score (nSPS) is 17.9. The van der Waals surface area contributed by atoms with E-state index in [0.717, 1.165) is 25.0 Å². The van der Waals surface area contributed by atoms with Gasteiger partial charge in [0.15, 0.2) is 0 Å². The number of hydrogen-bond donors (Lipinski definition) is 1. The second kappa shape index (κ2) is 7.28. The summed E-state index contributed by atoms with van der Waals surface area (Å²) < 4.78 is 5.32. The third-order valence-corrected chi connectivity index (χ3v) is 5.24. The lowest BCUT2D eigenvalue weighted by molar-refractivity contribution is 0.0768. The van der Waals surface area contributed by atoms with Gasteiger partial charge in [-0.05, 0) is 62.9 Å². The summed E-state index contributed by atoms with van der Waals surface area (Å²) in [5.41, 5.74) is 8.10. The standard InChI is InChI=1S/C18H30N2O/c1-4-18(5-2,20-11-6-7-12-20)17(19)14-15-9-8-10-16(13-15)21-3/h8-10,13,17H,4-7,11-12,14,19H2,1-3H3. The summed E-state index contributed by atoms with van der Waals surface area (Å²) in [6.45, 7) is 6.97. The Balaban J connectivity index is 2.15. The molecule has 1 aromatic rings. The molecule has 0 amide bonds. The van der Waals surface area contributed by atoms with Crippen LogP contribution in [0.3, 0.4) is 0 Å². The van der Waals surface area contributed by atoms with Gasteiger partial charge in [0.05, 0.1) is 7.11 Å². The monoisotopic (exact) mass is 290 g/mol. The summed E-state index contributed by atoms with van der Waals surface area (Å²) in [6.07, 6.45) is 5.78. The molecule has 0 spiro atoms. The Labute approximate surface area is 129 Å². The fourth-order valence-corrected chi connectivity index (χ4v) is 3.86. The summed E-state index contributed by atoms with van der Waals surface area (Å²) in [4.78, 5) is 2.64. The highest BCUT2D eigenvalue weighted by molar-refractivity contribution is 5.29. The third kappa shape index (κ3) is 3.41. The van der Waals surface area contributed by atoms with Crippen molar-refractivity contribution in [2.75, 3.05) is 20.2 Å². The van der Waals surface area contributed by atoms with Crippen LogP contribution in [0.25, 0.3) is 0 Å². The molecule has 1 atom stereocenters. The van der Waals surface area contributed by atoms with Crippen LogP contribution in [0.4, 0.5) is 0 Å². The van der Waals surface area contributed by atoms with Gasteiger partial charge in [-0.25, -0.2) is 0 Å². The van der Waals surface area contributed by atoms with E-state index in [0.29, 0.717) is 0 Å². The number of benzene rings is 1. The van der Waals surface area contributed by atoms with Crippen LogP contribution in [0.5, 0.6) is 5.75 Å². The number of rotatable bonds is 7. The summed E-state index contributed by atoms with van der Waals surface area (Å²) in [5.74, 6) is 0.916. The molecule has 3 nitrogen and oxygen atoms in total. The van der Waals surface area contributed by atoms with Crippen molar-refractivity contribution in [1.29, 1.82) is 0 Å². The van der Waals surface area contributed by atoms with E-state index in [1.54, 1.807) is 7.11 Å². The zero-order valence-electron chi connectivity index (χ0n) is 13.8. The maximum absolute atomic E-state index is 6.69. The van der Waals surface area contributed by atoms with Gasteiger partial charge in [-0.15, -0.1) is 0 Å². The largest absolute Gasteiger partial charge is 0.497 e. The second-order valence-corrected chi connectivity index (χ2v) is 6.17. The Bertz CT molecular complexity index is 437. The van der Waals surface area contributed by atoms with Crippen molar-refractivity contribution in [2.24, 2.45) is 5.73 Å². The van der Waals surface area contributed by atoms with Crippen molar-refractivity contribution in [2.45, 2.75) is 57.5 Å². The average molecular weight is 290 g/mol. The Kier molecular flexibility index (Phi) is 5.65. The Morgan fingerprint density at radius 1 is 1.24 bits per heavy atom. The van der Waals surface area contributed by atoms with Gasteiger partial charge in [-0.1, -0.05) is 26.0 Å². The zero-order chi connectivity index (χ0) is 15.3. The van der Waals surface area contributed by atoms with Gasteiger partial charge in [0, 0.05) is 11.6 Å². The van der Waals surface area contributed by atoms with Gasteiger partial charge in [0.1, 0.15) is 5.75 Å². The average Bonchev–Trinajstić information content (AvgIpc) is 3.04. The zero-order valence-corrected chi connectivity index (χ0v) is 13.8. The summed E-state index contributed by atoms with van der Waals surface area (Å²) in [6, 6.07) is 8.47. The predicted molar refractivity (Wildman–Crippen MR) is 88.8 cm³/mol. The molecule has 1 heterocycles. The van der Waals surface area contributed by atoms with E-state index < -0.39 is 0 Å². The molecule has 118 valence electrons. The SMILES string of the molecule is CCC(CC)(C(N)Cc1cccc(OC)c1)N1CCCC1. The predicted octanol–water partition coefficient (Wildman–Crippen LogP) is 3.22. The van der Waals surface area contributed by atoms with Crippen molar-refractivity contribution >= 4 is 0 Å². The lowest BCUT2D eigenvalue weighted by atomic mass is 9.80. The first-order valence-electron chi connectivity index (χ1n) is 8.29. The van der Waals surface area contributed by atoms with E-state index in [9.17, 15) is 0 Å². The van der Waals surface area contributed by atoms with Gasteiger partial charge >= 0.3 is 0 Å². The highest BCUT2D eigenvalue weighted by atomic mass is 16.5. The van der Waals surface area contributed by atoms with Crippen LogP contribution in [-0.2, 0) is 6.42 Å². The van der Waals surface area contributed by atoms with Gasteiger partial charge in [0.25, 0.3) is 0 Å². The molecule has 2 rings (SSSR count). The Hall–Kier alpha value is -1.06. The van der Waals surface area contributed by atoms with Crippen LogP contribution in [0, 0.1) is 0 Å². The maximum Gasteiger partial charge on any atom is 0.119 e. The number of methoxy groups -OCH3 is 1. The number of ether oxygens (including phenoxy) is 1. The molecular formula is C18H30N2O. The van der Waals surface area contributed by atoms with Crippen LogP contribution in [0.2, 0.25) is 0 Å². The minimum absolute atomic E-state index is 0.138. The van der Waals surface area contributed by atoms with Crippen LogP contribution < -0.4 is 10.5 Å². The van der Waals surface area contributed by atoms with Crippen LogP contribution in [0.15, 0.2) is 24.3 Å². The molecule has 21 heavy (non-hydrogen) atoms. The van der Waals surface area contributed by atoms with Crippen molar-refractivity contribution < 1.29 is 4.74 Å². The Morgan fingerprint density at radius 3 is 2.48 bits per heavy atom. The van der Waals surface area contributed by atoms with Crippen molar-refractivity contribution in [3.63, 3.8) is 0 Å². The number of likely N-dealkylation sites (tertiary alicyclic amines) is 1. The molecule has 0 aliphatic carbocycles. The molecule has 2 N–H and O–H groups in total. The van der Waals surface area contributed by atoms with E-state index >= 15 is 0 Å². The fourth-order valence-electron chi connectivity index (χ4n) is 3.86. The van der Waals surface area contributed by atoms with Crippen LogP contribution in [0.1, 0.15) is 45.1 Å². The molecule has 3 heteroatoms. The quantitative estimate of drug-likeness (QED) is 0.838. The second-order valence-electron chi connectivity index (χ2n) is 6.17. The molecular weight excluding hydrogens is 260 g/mol. The third-order valence-electron chi connectivity index (χ3n) is 5.24. The molecule has 0 radical (unpaired) electrons. The molecule has 0 bridgehead atoms. The Morgan fingerprint density at radius 2 is 1.90 bits per heavy atom. The van der Waals surface area contributed by atoms with Crippen molar-refractivity contribution in [3.05, 3.63) is 29.8 Å². The van der Waals surface area contributed by atoms with E-state index in [-0.39, 0.29) is 11.6 Å². The van der Waals surface area contributed by atoms with Gasteiger partial charge < -0.3 is 10.5 Å². The van der Waals surface area contributed by atoms with Gasteiger partial charge in [0.2, 0.25) is 0 Å². The maximum atomic E-state index is 6.69. The number of hydrogen-bond acceptors (Lipinski definition) is 3. The van der Waals surface area contributed by atoms with Crippen molar-refractivity contribution in [3.8, 4) is 5.75 Å². The number of nitrogens with two attached hydrogens (primary N) is 1. The lowest BCUT2D eigenvalue weighted by Gasteiger charge is -2.45. The first-order valence-corrected chi connectivity index (χ1v) is 8.29. The molecule has 0 saturated carbocycles. The van der Waals surface area contributed by atoms with Gasteiger partial charge in [-0.2, -0.15) is 0 Å². The van der Waals surface area contributed by atoms with Crippen LogP contribution in [-0.4, -0.2) is 36.7 Å². The summed E-state index contributed by atoms with van der Waals surface area (Å²) >= 11 is 0. The topological polar surface area (TPSA) is 38.5 Å². The number of nitrogens with zero attached hydrogens (tertiary/aromatic N) is 1. The van der Waals surface area contributed by atoms with Crippen LogP contribution >= 0.6 is 0 Å². The fraction of sp³-hybridized carbons (Fsp3) is 0.667. The lowest BCUT2D eigenvalue weighted by Crippen LogP contribution is -2.59. The van der Waals surface area contributed by atoms with E-state index in [1.807, 2.05) is 6.07 Å². The molecule has 1 fully saturated rings. The summed E-state index contributed by atoms with van der Waals surface area (Å²) in [7, 11) is 1.71. The molecule has 1 aromatic carbocycles. The molecule has 1 unspecified atom stereocenters. The van der Waals surface area contributed by atoms with Gasteiger partial charge in [-0.3, -0.25) is 4.90 Å². The van der Waals surface area contributed by atoms with Crippen molar-refractivity contribution in [1.82, 2.24) is 4.90 Å². The first-order chi connectivity index (χ1) is 10.2. The minimum atomic E-state index is 0.138. The van der Waals surface area contributed by atoms with E-state index in [2.05, 4.69) is 36.9 Å².